The second-order valence-electron chi connectivity index (χ2n) is 6.73. The van der Waals surface area contributed by atoms with Crippen molar-refractivity contribution in [2.24, 2.45) is 0 Å². The Kier molecular flexibility index (Phi) is 5.65. The number of para-hydroxylation sites is 1. The molecule has 1 aliphatic heterocycles. The Balaban J connectivity index is 1.30. The molecular formula is C23H19NO5S. The highest BCUT2D eigenvalue weighted by molar-refractivity contribution is 7.99. The molecule has 0 bridgehead atoms. The quantitative estimate of drug-likeness (QED) is 0.624. The summed E-state index contributed by atoms with van der Waals surface area (Å²) in [5, 5.41) is 0. The van der Waals surface area contributed by atoms with Crippen molar-refractivity contribution in [1.82, 2.24) is 4.72 Å². The zero-order valence-electron chi connectivity index (χ0n) is 15.9. The van der Waals surface area contributed by atoms with Crippen LogP contribution in [-0.4, -0.2) is 14.3 Å². The third-order valence-corrected chi connectivity index (χ3v) is 5.87. The van der Waals surface area contributed by atoms with Crippen molar-refractivity contribution in [2.45, 2.75) is 13.2 Å². The summed E-state index contributed by atoms with van der Waals surface area (Å²) in [5.41, 5.74) is 2.38. The lowest BCUT2D eigenvalue weighted by molar-refractivity contribution is -0.114. The van der Waals surface area contributed by atoms with Crippen LogP contribution in [0.3, 0.4) is 0 Å². The molecular weight excluding hydrogens is 402 g/mol. The maximum Gasteiger partial charge on any atom is 0.265 e. The van der Waals surface area contributed by atoms with Gasteiger partial charge in [0, 0.05) is 6.08 Å². The first kappa shape index (κ1) is 19.9. The van der Waals surface area contributed by atoms with Crippen LogP contribution >= 0.6 is 0 Å². The molecule has 0 aromatic heterocycles. The van der Waals surface area contributed by atoms with E-state index in [-0.39, 0.29) is 4.91 Å². The first-order valence-electron chi connectivity index (χ1n) is 9.27. The molecule has 3 aromatic rings. The number of carbonyl (C=O) groups is 1. The van der Waals surface area contributed by atoms with Crippen molar-refractivity contribution in [3.63, 3.8) is 0 Å². The predicted octanol–water partition coefficient (Wildman–Crippen LogP) is 4.00. The zero-order valence-corrected chi connectivity index (χ0v) is 16.8. The summed E-state index contributed by atoms with van der Waals surface area (Å²) in [4.78, 5) is 11.3. The van der Waals surface area contributed by atoms with Crippen molar-refractivity contribution in [2.75, 3.05) is 0 Å². The standard InChI is InChI=1S/C23H19NO5S/c25-23-14-22(30(26,27)24-23)19-10-6-17(7-11-19)15-28-16-18-8-12-21(13-9-18)29-20-4-2-1-3-5-20/h1-14H,15-16H2,(H,24,25). The van der Waals surface area contributed by atoms with Crippen LogP contribution in [0.15, 0.2) is 84.9 Å². The van der Waals surface area contributed by atoms with E-state index in [2.05, 4.69) is 0 Å². The fourth-order valence-corrected chi connectivity index (χ4v) is 4.12. The molecule has 6 nitrogen and oxygen atoms in total. The topological polar surface area (TPSA) is 81.7 Å². The Morgan fingerprint density at radius 1 is 0.733 bits per heavy atom. The molecule has 152 valence electrons. The Bertz CT molecular complexity index is 1170. The highest BCUT2D eigenvalue weighted by Gasteiger charge is 2.28. The van der Waals surface area contributed by atoms with Gasteiger partial charge in [0.2, 0.25) is 0 Å². The van der Waals surface area contributed by atoms with Crippen LogP contribution in [0.2, 0.25) is 0 Å². The van der Waals surface area contributed by atoms with Crippen molar-refractivity contribution >= 4 is 20.8 Å². The smallest absolute Gasteiger partial charge is 0.265 e. The van der Waals surface area contributed by atoms with Gasteiger partial charge in [-0.3, -0.25) is 4.79 Å². The van der Waals surface area contributed by atoms with Crippen LogP contribution in [0.1, 0.15) is 16.7 Å². The van der Waals surface area contributed by atoms with Crippen molar-refractivity contribution in [3.05, 3.63) is 102 Å². The molecule has 0 aliphatic carbocycles. The van der Waals surface area contributed by atoms with Gasteiger partial charge in [-0.25, -0.2) is 13.1 Å². The van der Waals surface area contributed by atoms with Crippen LogP contribution in [-0.2, 0) is 32.8 Å². The summed E-state index contributed by atoms with van der Waals surface area (Å²) >= 11 is 0. The predicted molar refractivity (Wildman–Crippen MR) is 113 cm³/mol. The molecule has 1 aliphatic rings. The first-order valence-corrected chi connectivity index (χ1v) is 10.8. The summed E-state index contributed by atoms with van der Waals surface area (Å²) in [6.45, 7) is 0.816. The van der Waals surface area contributed by atoms with Crippen LogP contribution in [0.25, 0.3) is 4.91 Å². The largest absolute Gasteiger partial charge is 0.457 e. The van der Waals surface area contributed by atoms with Crippen LogP contribution in [0.5, 0.6) is 11.5 Å². The number of benzene rings is 3. The van der Waals surface area contributed by atoms with E-state index in [1.807, 2.05) is 59.3 Å². The normalized spacial score (nSPS) is 14.8. The Labute approximate surface area is 174 Å². The molecule has 1 amide bonds. The lowest BCUT2D eigenvalue weighted by atomic mass is 10.1. The minimum Gasteiger partial charge on any atom is -0.457 e. The summed E-state index contributed by atoms with van der Waals surface area (Å²) in [6, 6.07) is 24.2. The molecule has 0 unspecified atom stereocenters. The van der Waals surface area contributed by atoms with Gasteiger partial charge >= 0.3 is 0 Å². The fraction of sp³-hybridized carbons (Fsp3) is 0.0870. The minimum atomic E-state index is -3.76. The maximum absolute atomic E-state index is 11.9. The summed E-state index contributed by atoms with van der Waals surface area (Å²) in [6.07, 6.45) is 1.09. The van der Waals surface area contributed by atoms with Gasteiger partial charge in [-0.1, -0.05) is 54.6 Å². The third-order valence-electron chi connectivity index (χ3n) is 4.46. The molecule has 1 heterocycles. The average Bonchev–Trinajstić information content (AvgIpc) is 3.02. The number of rotatable bonds is 7. The van der Waals surface area contributed by atoms with E-state index in [0.29, 0.717) is 18.8 Å². The van der Waals surface area contributed by atoms with Crippen molar-refractivity contribution in [1.29, 1.82) is 0 Å². The number of hydrogen-bond acceptors (Lipinski definition) is 5. The van der Waals surface area contributed by atoms with E-state index in [4.69, 9.17) is 9.47 Å². The monoisotopic (exact) mass is 421 g/mol. The van der Waals surface area contributed by atoms with Gasteiger partial charge in [0.15, 0.2) is 0 Å². The van der Waals surface area contributed by atoms with Gasteiger partial charge < -0.3 is 9.47 Å². The van der Waals surface area contributed by atoms with Gasteiger partial charge in [0.05, 0.1) is 13.2 Å². The molecule has 30 heavy (non-hydrogen) atoms. The minimum absolute atomic E-state index is 0.0159. The molecule has 0 spiro atoms. The maximum atomic E-state index is 11.9. The van der Waals surface area contributed by atoms with Crippen molar-refractivity contribution in [3.8, 4) is 11.5 Å². The summed E-state index contributed by atoms with van der Waals surface area (Å²) in [7, 11) is -3.76. The molecule has 4 rings (SSSR count). The fourth-order valence-electron chi connectivity index (χ4n) is 2.98. The number of hydrogen-bond donors (Lipinski definition) is 1. The summed E-state index contributed by atoms with van der Waals surface area (Å²) in [5.74, 6) is 0.911. The zero-order chi connectivity index (χ0) is 21.0. The van der Waals surface area contributed by atoms with Crippen LogP contribution < -0.4 is 9.46 Å². The SMILES string of the molecule is O=C1C=C(c2ccc(COCc3ccc(Oc4ccccc4)cc3)cc2)S(=O)(=O)N1. The number of ether oxygens (including phenoxy) is 2. The molecule has 0 atom stereocenters. The second-order valence-corrected chi connectivity index (χ2v) is 8.38. The van der Waals surface area contributed by atoms with Gasteiger partial charge in [-0.05, 0) is 41.0 Å². The Morgan fingerprint density at radius 2 is 1.30 bits per heavy atom. The van der Waals surface area contributed by atoms with E-state index < -0.39 is 15.9 Å². The van der Waals surface area contributed by atoms with E-state index in [1.165, 1.54) is 0 Å². The van der Waals surface area contributed by atoms with Gasteiger partial charge in [0.25, 0.3) is 15.9 Å². The van der Waals surface area contributed by atoms with Crippen LogP contribution in [0.4, 0.5) is 0 Å². The Morgan fingerprint density at radius 3 is 1.87 bits per heavy atom. The molecule has 3 aromatic carbocycles. The lowest BCUT2D eigenvalue weighted by Gasteiger charge is -2.08. The molecule has 0 radical (unpaired) electrons. The highest BCUT2D eigenvalue weighted by atomic mass is 32.2. The van der Waals surface area contributed by atoms with Crippen molar-refractivity contribution < 1.29 is 22.7 Å². The van der Waals surface area contributed by atoms with Gasteiger partial charge in [-0.2, -0.15) is 0 Å². The number of carbonyl (C=O) groups excluding carboxylic acids is 1. The highest BCUT2D eigenvalue weighted by Crippen LogP contribution is 2.25. The average molecular weight is 421 g/mol. The van der Waals surface area contributed by atoms with Gasteiger partial charge in [-0.15, -0.1) is 0 Å². The summed E-state index contributed by atoms with van der Waals surface area (Å²) < 4.78 is 37.2. The lowest BCUT2D eigenvalue weighted by Crippen LogP contribution is -2.22. The van der Waals surface area contributed by atoms with Crippen LogP contribution in [0, 0.1) is 0 Å². The molecule has 0 fully saturated rings. The molecule has 1 N–H and O–H groups in total. The number of amides is 1. The Hall–Kier alpha value is -3.42. The van der Waals surface area contributed by atoms with E-state index >= 15 is 0 Å². The van der Waals surface area contributed by atoms with E-state index in [0.717, 1.165) is 28.7 Å². The van der Waals surface area contributed by atoms with E-state index in [9.17, 15) is 13.2 Å². The molecule has 0 saturated heterocycles. The second kappa shape index (κ2) is 8.52. The van der Waals surface area contributed by atoms with Gasteiger partial charge in [0.1, 0.15) is 16.4 Å². The number of nitrogens with one attached hydrogen (secondary N) is 1. The third kappa shape index (κ3) is 4.76. The van der Waals surface area contributed by atoms with E-state index in [1.54, 1.807) is 24.3 Å². The number of sulfonamides is 1. The first-order chi connectivity index (χ1) is 14.5. The molecule has 7 heteroatoms. The molecule has 0 saturated carbocycles.